The summed E-state index contributed by atoms with van der Waals surface area (Å²) in [6.07, 6.45) is 3.06. The van der Waals surface area contributed by atoms with E-state index < -0.39 is 0 Å². The topological polar surface area (TPSA) is 58.4 Å². The highest BCUT2D eigenvalue weighted by Crippen LogP contribution is 2.31. The largest absolute Gasteiger partial charge is 0.382 e. The zero-order valence-corrected chi connectivity index (χ0v) is 10.6. The fourth-order valence-corrected chi connectivity index (χ4v) is 2.83. The minimum absolute atomic E-state index is 0.124. The smallest absolute Gasteiger partial charge is 0.223 e. The molecule has 0 radical (unpaired) electrons. The molecule has 1 aromatic rings. The normalized spacial score (nSPS) is 25.6. The first-order valence-electron chi connectivity index (χ1n) is 6.56. The average Bonchev–Trinajstić information content (AvgIpc) is 2.70. The van der Waals surface area contributed by atoms with Gasteiger partial charge in [-0.25, -0.2) is 0 Å². The summed E-state index contributed by atoms with van der Waals surface area (Å²) >= 11 is 0. The zero-order chi connectivity index (χ0) is 12.7. The standard InChI is InChI=1S/C14H19N3O/c1-9(18)17-5-4-10-6-12(2-3-14(10)17)16-13-7-11(15)8-13/h2-3,6,11,13,16H,4-5,7-8,15H2,1H3. The monoisotopic (exact) mass is 245 g/mol. The van der Waals surface area contributed by atoms with Gasteiger partial charge >= 0.3 is 0 Å². The number of fused-ring (bicyclic) bond motifs is 1. The minimum atomic E-state index is 0.124. The van der Waals surface area contributed by atoms with Crippen molar-refractivity contribution in [2.75, 3.05) is 16.8 Å². The molecule has 1 aromatic carbocycles. The highest BCUT2D eigenvalue weighted by molar-refractivity contribution is 5.94. The summed E-state index contributed by atoms with van der Waals surface area (Å²) in [6.45, 7) is 2.43. The van der Waals surface area contributed by atoms with Gasteiger partial charge in [-0.05, 0) is 43.0 Å². The first-order chi connectivity index (χ1) is 8.63. The molecule has 4 heteroatoms. The molecule has 0 spiro atoms. The van der Waals surface area contributed by atoms with Gasteiger partial charge in [0.15, 0.2) is 0 Å². The maximum absolute atomic E-state index is 11.5. The molecule has 4 nitrogen and oxygen atoms in total. The number of hydrogen-bond acceptors (Lipinski definition) is 3. The van der Waals surface area contributed by atoms with Crippen molar-refractivity contribution < 1.29 is 4.79 Å². The number of carbonyl (C=O) groups is 1. The van der Waals surface area contributed by atoms with E-state index in [0.29, 0.717) is 12.1 Å². The van der Waals surface area contributed by atoms with Crippen LogP contribution in [0.15, 0.2) is 18.2 Å². The third-order valence-electron chi connectivity index (χ3n) is 3.90. The molecule has 1 heterocycles. The minimum Gasteiger partial charge on any atom is -0.382 e. The highest BCUT2D eigenvalue weighted by Gasteiger charge is 2.26. The van der Waals surface area contributed by atoms with E-state index in [4.69, 9.17) is 5.73 Å². The van der Waals surface area contributed by atoms with Gasteiger partial charge in [0, 0.05) is 36.9 Å². The molecule has 0 atom stereocenters. The Morgan fingerprint density at radius 3 is 2.89 bits per heavy atom. The molecular formula is C14H19N3O. The van der Waals surface area contributed by atoms with Gasteiger partial charge in [0.25, 0.3) is 0 Å². The Bertz CT molecular complexity index is 480. The molecule has 1 aliphatic carbocycles. The Hall–Kier alpha value is -1.55. The van der Waals surface area contributed by atoms with Crippen LogP contribution >= 0.6 is 0 Å². The first-order valence-corrected chi connectivity index (χ1v) is 6.56. The van der Waals surface area contributed by atoms with Crippen LogP contribution in [-0.2, 0) is 11.2 Å². The summed E-state index contributed by atoms with van der Waals surface area (Å²) in [5.74, 6) is 0.124. The summed E-state index contributed by atoms with van der Waals surface area (Å²) in [5.41, 5.74) is 9.26. The third kappa shape index (κ3) is 1.97. The fourth-order valence-electron chi connectivity index (χ4n) is 2.83. The van der Waals surface area contributed by atoms with Crippen molar-refractivity contribution in [3.8, 4) is 0 Å². The molecule has 0 bridgehead atoms. The molecule has 1 saturated carbocycles. The molecule has 0 aromatic heterocycles. The predicted molar refractivity (Wildman–Crippen MR) is 72.8 cm³/mol. The predicted octanol–water partition coefficient (Wildman–Crippen LogP) is 1.50. The SMILES string of the molecule is CC(=O)N1CCc2cc(NC3CC(N)C3)ccc21. The van der Waals surface area contributed by atoms with Crippen LogP contribution in [0.1, 0.15) is 25.3 Å². The van der Waals surface area contributed by atoms with Crippen LogP contribution in [0.2, 0.25) is 0 Å². The van der Waals surface area contributed by atoms with Crippen molar-refractivity contribution in [3.63, 3.8) is 0 Å². The maximum atomic E-state index is 11.5. The van der Waals surface area contributed by atoms with E-state index in [0.717, 1.165) is 37.2 Å². The summed E-state index contributed by atoms with van der Waals surface area (Å²) in [7, 11) is 0. The van der Waals surface area contributed by atoms with Crippen molar-refractivity contribution in [3.05, 3.63) is 23.8 Å². The van der Waals surface area contributed by atoms with E-state index in [1.165, 1.54) is 5.56 Å². The maximum Gasteiger partial charge on any atom is 0.223 e. The summed E-state index contributed by atoms with van der Waals surface area (Å²) in [5, 5.41) is 3.50. The van der Waals surface area contributed by atoms with Crippen molar-refractivity contribution in [1.82, 2.24) is 0 Å². The lowest BCUT2D eigenvalue weighted by atomic mass is 9.87. The molecule has 18 heavy (non-hydrogen) atoms. The lowest BCUT2D eigenvalue weighted by molar-refractivity contribution is -0.116. The summed E-state index contributed by atoms with van der Waals surface area (Å²) < 4.78 is 0. The van der Waals surface area contributed by atoms with Gasteiger partial charge in [-0.15, -0.1) is 0 Å². The van der Waals surface area contributed by atoms with Crippen LogP contribution < -0.4 is 16.0 Å². The van der Waals surface area contributed by atoms with Crippen LogP contribution in [0.4, 0.5) is 11.4 Å². The molecule has 0 saturated heterocycles. The van der Waals surface area contributed by atoms with Crippen LogP contribution in [0.25, 0.3) is 0 Å². The van der Waals surface area contributed by atoms with Crippen LogP contribution in [0.3, 0.4) is 0 Å². The van der Waals surface area contributed by atoms with Gasteiger partial charge in [-0.3, -0.25) is 4.79 Å². The van der Waals surface area contributed by atoms with Crippen molar-refractivity contribution >= 4 is 17.3 Å². The van der Waals surface area contributed by atoms with Gasteiger partial charge in [0.1, 0.15) is 0 Å². The van der Waals surface area contributed by atoms with Crippen molar-refractivity contribution in [2.45, 2.75) is 38.3 Å². The molecule has 3 N–H and O–H groups in total. The van der Waals surface area contributed by atoms with Gasteiger partial charge in [-0.2, -0.15) is 0 Å². The van der Waals surface area contributed by atoms with Crippen molar-refractivity contribution in [1.29, 1.82) is 0 Å². The zero-order valence-electron chi connectivity index (χ0n) is 10.6. The molecule has 96 valence electrons. The fraction of sp³-hybridized carbons (Fsp3) is 0.500. The number of rotatable bonds is 2. The Morgan fingerprint density at radius 2 is 2.22 bits per heavy atom. The van der Waals surface area contributed by atoms with Gasteiger partial charge in [0.2, 0.25) is 5.91 Å². The second-order valence-corrected chi connectivity index (χ2v) is 5.34. The van der Waals surface area contributed by atoms with Gasteiger partial charge in [-0.1, -0.05) is 0 Å². The number of nitrogens with one attached hydrogen (secondary N) is 1. The quantitative estimate of drug-likeness (QED) is 0.830. The Kier molecular flexibility index (Phi) is 2.74. The molecule has 1 fully saturated rings. The second-order valence-electron chi connectivity index (χ2n) is 5.34. The number of carbonyl (C=O) groups excluding carboxylic acids is 1. The number of anilines is 2. The number of hydrogen-bond donors (Lipinski definition) is 2. The van der Waals surface area contributed by atoms with Crippen LogP contribution in [0, 0.1) is 0 Å². The van der Waals surface area contributed by atoms with Crippen molar-refractivity contribution in [2.24, 2.45) is 5.73 Å². The van der Waals surface area contributed by atoms with Gasteiger partial charge in [0.05, 0.1) is 0 Å². The van der Waals surface area contributed by atoms with Crippen LogP contribution in [-0.4, -0.2) is 24.5 Å². The lowest BCUT2D eigenvalue weighted by Crippen LogP contribution is -2.44. The van der Waals surface area contributed by atoms with E-state index in [-0.39, 0.29) is 5.91 Å². The molecule has 1 amide bonds. The van der Waals surface area contributed by atoms with E-state index >= 15 is 0 Å². The molecule has 0 unspecified atom stereocenters. The first kappa shape index (κ1) is 11.5. The van der Waals surface area contributed by atoms with E-state index in [2.05, 4.69) is 17.4 Å². The van der Waals surface area contributed by atoms with Gasteiger partial charge < -0.3 is 16.0 Å². The Labute approximate surface area is 107 Å². The summed E-state index contributed by atoms with van der Waals surface area (Å²) in [6, 6.07) is 7.16. The Balaban J connectivity index is 1.74. The number of amides is 1. The molecule has 2 aliphatic rings. The third-order valence-corrected chi connectivity index (χ3v) is 3.90. The second kappa shape index (κ2) is 4.28. The van der Waals surface area contributed by atoms with E-state index in [1.807, 2.05) is 11.0 Å². The highest BCUT2D eigenvalue weighted by atomic mass is 16.2. The number of nitrogens with two attached hydrogens (primary N) is 1. The van der Waals surface area contributed by atoms with E-state index in [9.17, 15) is 4.79 Å². The number of benzene rings is 1. The molecular weight excluding hydrogens is 226 g/mol. The summed E-state index contributed by atoms with van der Waals surface area (Å²) in [4.78, 5) is 13.3. The number of nitrogens with zero attached hydrogens (tertiary/aromatic N) is 1. The molecule has 1 aliphatic heterocycles. The lowest BCUT2D eigenvalue weighted by Gasteiger charge is -2.34. The Morgan fingerprint density at radius 1 is 1.44 bits per heavy atom. The van der Waals surface area contributed by atoms with Crippen LogP contribution in [0.5, 0.6) is 0 Å². The van der Waals surface area contributed by atoms with E-state index in [1.54, 1.807) is 6.92 Å². The average molecular weight is 245 g/mol. The molecule has 3 rings (SSSR count).